The molecule has 74 valence electrons. The van der Waals surface area contributed by atoms with Crippen molar-refractivity contribution < 1.29 is 9.57 Å². The zero-order valence-electron chi connectivity index (χ0n) is 8.20. The van der Waals surface area contributed by atoms with Crippen molar-refractivity contribution in [3.8, 4) is 11.8 Å². The summed E-state index contributed by atoms with van der Waals surface area (Å²) in [5.41, 5.74) is 4.25. The van der Waals surface area contributed by atoms with E-state index >= 15 is 0 Å². The van der Waals surface area contributed by atoms with Crippen molar-refractivity contribution in [1.29, 1.82) is 5.26 Å². The van der Waals surface area contributed by atoms with Gasteiger partial charge in [-0.25, -0.2) is 0 Å². The quantitative estimate of drug-likeness (QED) is 0.729. The van der Waals surface area contributed by atoms with E-state index in [1.807, 2.05) is 12.1 Å². The third kappa shape index (κ3) is 2.46. The van der Waals surface area contributed by atoms with E-state index in [4.69, 9.17) is 14.8 Å². The van der Waals surface area contributed by atoms with Crippen LogP contribution in [0.15, 0.2) is 18.2 Å². The van der Waals surface area contributed by atoms with Gasteiger partial charge in [0.05, 0.1) is 19.8 Å². The summed E-state index contributed by atoms with van der Waals surface area (Å²) in [5, 5.41) is 8.75. The van der Waals surface area contributed by atoms with Crippen molar-refractivity contribution in [3.05, 3.63) is 29.3 Å². The normalized spacial score (nSPS) is 9.50. The molecule has 1 aromatic rings. The number of ether oxygens (including phenoxy) is 1. The second-order valence-corrected chi connectivity index (χ2v) is 2.67. The highest BCUT2D eigenvalue weighted by Gasteiger charge is 2.02. The predicted molar refractivity (Wildman–Crippen MR) is 51.6 cm³/mol. The molecule has 0 fully saturated rings. The van der Waals surface area contributed by atoms with Crippen LogP contribution in [0.3, 0.4) is 0 Å². The van der Waals surface area contributed by atoms with Crippen molar-refractivity contribution in [2.45, 2.75) is 6.54 Å². The maximum atomic E-state index is 8.75. The standard InChI is InChI=1S/C10H12N2O2/c1-13-10-5-8(7-12-14-2)3-4-9(10)6-11/h3-5,12H,7H2,1-2H3. The molecule has 1 rings (SSSR count). The van der Waals surface area contributed by atoms with E-state index in [1.54, 1.807) is 20.3 Å². The highest BCUT2D eigenvalue weighted by molar-refractivity contribution is 5.45. The molecular formula is C10H12N2O2. The van der Waals surface area contributed by atoms with Gasteiger partial charge in [0.25, 0.3) is 0 Å². The van der Waals surface area contributed by atoms with Crippen molar-refractivity contribution in [3.63, 3.8) is 0 Å². The van der Waals surface area contributed by atoms with Gasteiger partial charge in [-0.3, -0.25) is 0 Å². The molecule has 0 aliphatic rings. The third-order valence-electron chi connectivity index (χ3n) is 1.81. The SMILES string of the molecule is CONCc1ccc(C#N)c(OC)c1. The van der Waals surface area contributed by atoms with E-state index in [-0.39, 0.29) is 0 Å². The summed E-state index contributed by atoms with van der Waals surface area (Å²) in [6.45, 7) is 0.582. The number of nitriles is 1. The summed E-state index contributed by atoms with van der Waals surface area (Å²) < 4.78 is 5.07. The van der Waals surface area contributed by atoms with Crippen LogP contribution in [0.1, 0.15) is 11.1 Å². The molecule has 0 atom stereocenters. The van der Waals surface area contributed by atoms with E-state index in [2.05, 4.69) is 11.5 Å². The molecule has 0 amide bonds. The summed E-state index contributed by atoms with van der Waals surface area (Å²) in [4.78, 5) is 4.72. The van der Waals surface area contributed by atoms with Gasteiger partial charge < -0.3 is 9.57 Å². The lowest BCUT2D eigenvalue weighted by molar-refractivity contribution is 0.0867. The van der Waals surface area contributed by atoms with Gasteiger partial charge in [-0.05, 0) is 17.7 Å². The largest absolute Gasteiger partial charge is 0.495 e. The molecule has 0 saturated carbocycles. The van der Waals surface area contributed by atoms with Crippen LogP contribution in [-0.4, -0.2) is 14.2 Å². The highest BCUT2D eigenvalue weighted by atomic mass is 16.6. The second kappa shape index (κ2) is 5.22. The smallest absolute Gasteiger partial charge is 0.136 e. The first-order chi connectivity index (χ1) is 6.81. The lowest BCUT2D eigenvalue weighted by Gasteiger charge is -2.06. The van der Waals surface area contributed by atoms with Crippen LogP contribution in [-0.2, 0) is 11.4 Å². The van der Waals surface area contributed by atoms with Crippen molar-refractivity contribution in [2.75, 3.05) is 14.2 Å². The van der Waals surface area contributed by atoms with Gasteiger partial charge in [0.2, 0.25) is 0 Å². The number of nitrogens with one attached hydrogen (secondary N) is 1. The van der Waals surface area contributed by atoms with Crippen molar-refractivity contribution >= 4 is 0 Å². The lowest BCUT2D eigenvalue weighted by atomic mass is 10.1. The van der Waals surface area contributed by atoms with E-state index in [1.165, 1.54) is 0 Å². The second-order valence-electron chi connectivity index (χ2n) is 2.67. The molecule has 0 radical (unpaired) electrons. The lowest BCUT2D eigenvalue weighted by Crippen LogP contribution is -2.10. The fourth-order valence-electron chi connectivity index (χ4n) is 1.09. The molecule has 0 bridgehead atoms. The predicted octanol–water partition coefficient (Wildman–Crippen LogP) is 1.22. The van der Waals surface area contributed by atoms with Crippen LogP contribution in [0.4, 0.5) is 0 Å². The van der Waals surface area contributed by atoms with Crippen LogP contribution in [0.2, 0.25) is 0 Å². The average Bonchev–Trinajstić information content (AvgIpc) is 2.25. The summed E-state index contributed by atoms with van der Waals surface area (Å²) >= 11 is 0. The maximum absolute atomic E-state index is 8.75. The van der Waals surface area contributed by atoms with Crippen LogP contribution in [0, 0.1) is 11.3 Å². The minimum Gasteiger partial charge on any atom is -0.495 e. The Kier molecular flexibility index (Phi) is 3.92. The molecule has 0 aromatic heterocycles. The zero-order chi connectivity index (χ0) is 10.4. The van der Waals surface area contributed by atoms with Crippen LogP contribution in [0.5, 0.6) is 5.75 Å². The summed E-state index contributed by atoms with van der Waals surface area (Å²) in [5.74, 6) is 0.586. The molecule has 0 saturated heterocycles. The molecule has 0 heterocycles. The molecule has 0 unspecified atom stereocenters. The van der Waals surface area contributed by atoms with Gasteiger partial charge in [-0.1, -0.05) is 6.07 Å². The monoisotopic (exact) mass is 192 g/mol. The van der Waals surface area contributed by atoms with Gasteiger partial charge >= 0.3 is 0 Å². The van der Waals surface area contributed by atoms with Gasteiger partial charge in [-0.2, -0.15) is 10.7 Å². The maximum Gasteiger partial charge on any atom is 0.136 e. The Hall–Kier alpha value is -1.57. The molecule has 1 aromatic carbocycles. The van der Waals surface area contributed by atoms with Crippen LogP contribution < -0.4 is 10.2 Å². The highest BCUT2D eigenvalue weighted by Crippen LogP contribution is 2.18. The first kappa shape index (κ1) is 10.5. The van der Waals surface area contributed by atoms with Gasteiger partial charge in [0, 0.05) is 6.54 Å². The van der Waals surface area contributed by atoms with Gasteiger partial charge in [0.15, 0.2) is 0 Å². The number of hydroxylamine groups is 1. The van der Waals surface area contributed by atoms with Crippen molar-refractivity contribution in [2.24, 2.45) is 0 Å². The average molecular weight is 192 g/mol. The summed E-state index contributed by atoms with van der Waals surface area (Å²) in [6, 6.07) is 7.45. The fourth-order valence-corrected chi connectivity index (χ4v) is 1.09. The van der Waals surface area contributed by atoms with E-state index in [9.17, 15) is 0 Å². The van der Waals surface area contributed by atoms with Crippen LogP contribution in [0.25, 0.3) is 0 Å². The van der Waals surface area contributed by atoms with Gasteiger partial charge in [-0.15, -0.1) is 0 Å². The van der Waals surface area contributed by atoms with E-state index < -0.39 is 0 Å². The minimum absolute atomic E-state index is 0.536. The molecule has 14 heavy (non-hydrogen) atoms. The first-order valence-electron chi connectivity index (χ1n) is 4.14. The Bertz CT molecular complexity index is 344. The topological polar surface area (TPSA) is 54.3 Å². The Balaban J connectivity index is 2.86. The molecule has 4 nitrogen and oxygen atoms in total. The number of benzene rings is 1. The first-order valence-corrected chi connectivity index (χ1v) is 4.14. The zero-order valence-corrected chi connectivity index (χ0v) is 8.20. The number of nitrogens with zero attached hydrogens (tertiary/aromatic N) is 1. The Morgan fingerprint density at radius 3 is 2.79 bits per heavy atom. The van der Waals surface area contributed by atoms with Crippen molar-refractivity contribution in [1.82, 2.24) is 5.48 Å². The molecule has 0 spiro atoms. The fraction of sp³-hybridized carbons (Fsp3) is 0.300. The Labute approximate surface area is 83.0 Å². The number of hydrogen-bond donors (Lipinski definition) is 1. The minimum atomic E-state index is 0.536. The number of rotatable bonds is 4. The molecule has 0 aliphatic carbocycles. The number of methoxy groups -OCH3 is 1. The Morgan fingerprint density at radius 1 is 1.43 bits per heavy atom. The molecular weight excluding hydrogens is 180 g/mol. The van der Waals surface area contributed by atoms with E-state index in [0.717, 1.165) is 5.56 Å². The summed E-state index contributed by atoms with van der Waals surface area (Å²) in [6.07, 6.45) is 0. The van der Waals surface area contributed by atoms with Crippen LogP contribution >= 0.6 is 0 Å². The molecule has 4 heteroatoms. The summed E-state index contributed by atoms with van der Waals surface area (Å²) in [7, 11) is 3.10. The Morgan fingerprint density at radius 2 is 2.21 bits per heavy atom. The van der Waals surface area contributed by atoms with E-state index in [0.29, 0.717) is 17.9 Å². The molecule has 0 aliphatic heterocycles. The number of hydrogen-bond acceptors (Lipinski definition) is 4. The van der Waals surface area contributed by atoms with Gasteiger partial charge in [0.1, 0.15) is 11.8 Å². The third-order valence-corrected chi connectivity index (χ3v) is 1.81. The molecule has 1 N–H and O–H groups in total.